The fourth-order valence-electron chi connectivity index (χ4n) is 8.89. The van der Waals surface area contributed by atoms with Gasteiger partial charge in [0, 0.05) is 60.6 Å². The number of ketones is 1. The molecule has 2 bridgehead atoms. The Bertz CT molecular complexity index is 2000. The number of carbonyl (C=O) groups excluding carboxylic acids is 2. The van der Waals surface area contributed by atoms with Crippen molar-refractivity contribution in [3.8, 4) is 5.75 Å². The molecule has 1 aromatic heterocycles. The second-order valence-corrected chi connectivity index (χ2v) is 18.8. The van der Waals surface area contributed by atoms with Crippen molar-refractivity contribution in [1.29, 1.82) is 0 Å². The summed E-state index contributed by atoms with van der Waals surface area (Å²) in [6.45, 7) is 8.70. The molecule has 1 spiro atoms. The van der Waals surface area contributed by atoms with Crippen LogP contribution in [-0.4, -0.2) is 69.6 Å². The average molecular weight is 761 g/mol. The third kappa shape index (κ3) is 7.87. The molecule has 9 nitrogen and oxygen atoms in total. The molecule has 3 aromatic rings. The zero-order valence-corrected chi connectivity index (χ0v) is 33.0. The minimum atomic E-state index is -3.30. The van der Waals surface area contributed by atoms with Gasteiger partial charge in [-0.1, -0.05) is 36.7 Å². The standard InChI is InChI=1S/C42H53ClN4O5S/c1-5-47-21-19-34(44-47)14-15-35(48)25-53(50)29(3)28(2)8-6-10-39(51-4)36-16-11-32(36)24-46-26-42(20-7-9-30-22-33(43)13-17-37(30)42)27-52-40-18-12-31(23-38(40)46)41(49)45-53/h6,10,12-13,17-19,21-23,28-29,32,36,39H,5,7-9,11,14-16,20,24-27H2,1-4H3/b10-6+/t28-,29+,32-,36+,39-,42-,53-/m0/s1. The predicted octanol–water partition coefficient (Wildman–Crippen LogP) is 7.87. The lowest BCUT2D eigenvalue weighted by atomic mass is 9.68. The summed E-state index contributed by atoms with van der Waals surface area (Å²) < 4.78 is 34.0. The number of halogens is 1. The maximum Gasteiger partial charge on any atom is 0.285 e. The molecule has 2 aliphatic carbocycles. The molecule has 53 heavy (non-hydrogen) atoms. The number of Topliss-reactive ketones (excluding diaryl/α,β-unsaturated/α-hetero) is 1. The van der Waals surface area contributed by atoms with Crippen LogP contribution in [0.1, 0.15) is 86.5 Å². The summed E-state index contributed by atoms with van der Waals surface area (Å²) in [5, 5.41) is 4.74. The van der Waals surface area contributed by atoms with E-state index in [0.29, 0.717) is 36.8 Å². The molecule has 3 heterocycles. The van der Waals surface area contributed by atoms with Crippen LogP contribution in [0.25, 0.3) is 0 Å². The van der Waals surface area contributed by atoms with Gasteiger partial charge in [0.25, 0.3) is 5.91 Å². The van der Waals surface area contributed by atoms with Gasteiger partial charge in [-0.15, -0.1) is 0 Å². The number of fused-ring (bicyclic) bond motifs is 4. The number of carbonyl (C=O) groups is 2. The quantitative estimate of drug-likeness (QED) is 0.226. The van der Waals surface area contributed by atoms with Crippen molar-refractivity contribution in [2.24, 2.45) is 22.1 Å². The van der Waals surface area contributed by atoms with Crippen molar-refractivity contribution >= 4 is 38.7 Å². The number of hydrogen-bond acceptors (Lipinski definition) is 7. The lowest BCUT2D eigenvalue weighted by Gasteiger charge is -2.46. The maximum atomic E-state index is 14.9. The van der Waals surface area contributed by atoms with E-state index in [1.165, 1.54) is 11.1 Å². The van der Waals surface area contributed by atoms with E-state index in [4.69, 9.17) is 21.1 Å². The highest BCUT2D eigenvalue weighted by Gasteiger charge is 2.44. The van der Waals surface area contributed by atoms with Crippen LogP contribution in [0.5, 0.6) is 5.75 Å². The summed E-state index contributed by atoms with van der Waals surface area (Å²) in [6.07, 6.45) is 12.6. The van der Waals surface area contributed by atoms with Gasteiger partial charge >= 0.3 is 0 Å². The molecule has 0 unspecified atom stereocenters. The maximum absolute atomic E-state index is 14.9. The molecule has 7 rings (SSSR count). The van der Waals surface area contributed by atoms with Crippen LogP contribution in [0.15, 0.2) is 65.2 Å². The number of rotatable bonds is 7. The molecule has 0 saturated heterocycles. The summed E-state index contributed by atoms with van der Waals surface area (Å²) in [5.74, 6) is 0.357. The van der Waals surface area contributed by atoms with Gasteiger partial charge in [0.2, 0.25) is 0 Å². The van der Waals surface area contributed by atoms with Gasteiger partial charge < -0.3 is 14.4 Å². The highest BCUT2D eigenvalue weighted by molar-refractivity contribution is 7.95. The Balaban J connectivity index is 1.26. The lowest BCUT2D eigenvalue weighted by Crippen LogP contribution is -2.49. The van der Waals surface area contributed by atoms with Crippen molar-refractivity contribution in [2.75, 3.05) is 37.5 Å². The fraction of sp³-hybridized carbons (Fsp3) is 0.548. The zero-order chi connectivity index (χ0) is 37.3. The monoisotopic (exact) mass is 760 g/mol. The molecule has 284 valence electrons. The van der Waals surface area contributed by atoms with E-state index in [1.807, 2.05) is 55.9 Å². The molecule has 0 N–H and O–H groups in total. The summed E-state index contributed by atoms with van der Waals surface area (Å²) >= 11 is 6.47. The van der Waals surface area contributed by atoms with Crippen molar-refractivity contribution in [3.63, 3.8) is 0 Å². The third-order valence-electron chi connectivity index (χ3n) is 12.4. The summed E-state index contributed by atoms with van der Waals surface area (Å²) in [7, 11) is -1.51. The lowest BCUT2D eigenvalue weighted by molar-refractivity contribution is -0.116. The highest BCUT2D eigenvalue weighted by atomic mass is 35.5. The molecule has 2 aromatic carbocycles. The first-order valence-electron chi connectivity index (χ1n) is 19.3. The van der Waals surface area contributed by atoms with Crippen LogP contribution in [-0.2, 0) is 44.1 Å². The Labute approximate surface area is 319 Å². The second-order valence-electron chi connectivity index (χ2n) is 15.8. The number of ether oxygens (including phenoxy) is 2. The van der Waals surface area contributed by atoms with Crippen molar-refractivity contribution < 1.29 is 23.3 Å². The Morgan fingerprint density at radius 2 is 2.00 bits per heavy atom. The fourth-order valence-corrected chi connectivity index (χ4v) is 11.4. The van der Waals surface area contributed by atoms with Crippen LogP contribution >= 0.6 is 11.6 Å². The number of aromatic nitrogens is 2. The topological polar surface area (TPSA) is 103 Å². The van der Waals surface area contributed by atoms with E-state index in [2.05, 4.69) is 38.6 Å². The summed E-state index contributed by atoms with van der Waals surface area (Å²) in [6, 6.07) is 13.6. The molecule has 11 heteroatoms. The Morgan fingerprint density at radius 3 is 2.75 bits per heavy atom. The Morgan fingerprint density at radius 1 is 1.15 bits per heavy atom. The van der Waals surface area contributed by atoms with Crippen LogP contribution in [0.2, 0.25) is 5.02 Å². The SMILES string of the molecule is CCn1ccc(CCC(=O)C[S@@]2(=O)=NC(=O)c3ccc4c(c3)N(C[C@@H]3CC[C@H]3[C@@H](OC)/C=C/C[C@H](C)[C@H]2C)C[C@@]2(CCCc3cc(Cl)ccc32)CO4)n1. The van der Waals surface area contributed by atoms with E-state index < -0.39 is 20.9 Å². The van der Waals surface area contributed by atoms with E-state index in [0.717, 1.165) is 73.9 Å². The van der Waals surface area contributed by atoms with Crippen LogP contribution < -0.4 is 9.64 Å². The van der Waals surface area contributed by atoms with Crippen molar-refractivity contribution in [2.45, 2.75) is 95.5 Å². The minimum Gasteiger partial charge on any atom is -0.490 e. The minimum absolute atomic E-state index is 0.0434. The number of nitrogens with zero attached hydrogens (tertiary/aromatic N) is 4. The Kier molecular flexibility index (Phi) is 11.2. The van der Waals surface area contributed by atoms with Crippen LogP contribution in [0.4, 0.5) is 5.69 Å². The largest absolute Gasteiger partial charge is 0.490 e. The number of methoxy groups -OCH3 is 1. The summed E-state index contributed by atoms with van der Waals surface area (Å²) in [4.78, 5) is 30.1. The van der Waals surface area contributed by atoms with Gasteiger partial charge in [0.15, 0.2) is 0 Å². The number of aryl methyl sites for hydroxylation is 3. The molecule has 2 aliphatic heterocycles. The average Bonchev–Trinajstić information content (AvgIpc) is 3.55. The number of hydrogen-bond donors (Lipinski definition) is 0. The molecule has 0 radical (unpaired) electrons. The molecule has 4 aliphatic rings. The van der Waals surface area contributed by atoms with Gasteiger partial charge in [-0.05, 0) is 124 Å². The smallest absolute Gasteiger partial charge is 0.285 e. The van der Waals surface area contributed by atoms with Crippen molar-refractivity contribution in [1.82, 2.24) is 9.78 Å². The normalized spacial score (nSPS) is 30.6. The molecule has 7 atom stereocenters. The van der Waals surface area contributed by atoms with Gasteiger partial charge in [0.1, 0.15) is 11.5 Å². The summed E-state index contributed by atoms with van der Waals surface area (Å²) in [5.41, 5.74) is 4.32. The molecule has 1 fully saturated rings. The van der Waals surface area contributed by atoms with Gasteiger partial charge in [-0.3, -0.25) is 14.3 Å². The number of allylic oxidation sites excluding steroid dienone is 1. The van der Waals surface area contributed by atoms with Crippen LogP contribution in [0.3, 0.4) is 0 Å². The first-order chi connectivity index (χ1) is 25.5. The molecule has 1 saturated carbocycles. The zero-order valence-electron chi connectivity index (χ0n) is 31.5. The van der Waals surface area contributed by atoms with Gasteiger partial charge in [-0.25, -0.2) is 4.21 Å². The Hall–Kier alpha value is -3.47. The van der Waals surface area contributed by atoms with E-state index in [9.17, 15) is 13.8 Å². The first-order valence-corrected chi connectivity index (χ1v) is 21.5. The molecular formula is C42H53ClN4O5S. The first kappa shape index (κ1) is 37.8. The molecular weight excluding hydrogens is 708 g/mol. The number of benzene rings is 2. The van der Waals surface area contributed by atoms with Crippen molar-refractivity contribution in [3.05, 3.63) is 88.2 Å². The number of amides is 1. The van der Waals surface area contributed by atoms with Crippen LogP contribution in [0, 0.1) is 17.8 Å². The predicted molar refractivity (Wildman–Crippen MR) is 211 cm³/mol. The van der Waals surface area contributed by atoms with E-state index in [1.54, 1.807) is 13.2 Å². The molecule has 1 amide bonds. The van der Waals surface area contributed by atoms with Gasteiger partial charge in [0.05, 0.1) is 39.6 Å². The van der Waals surface area contributed by atoms with E-state index in [-0.39, 0.29) is 35.4 Å². The highest BCUT2D eigenvalue weighted by Crippen LogP contribution is 2.47. The third-order valence-corrected chi connectivity index (χ3v) is 15.5. The number of anilines is 1. The van der Waals surface area contributed by atoms with Gasteiger partial charge in [-0.2, -0.15) is 9.46 Å². The second kappa shape index (κ2) is 15.7. The van der Waals surface area contributed by atoms with E-state index >= 15 is 0 Å².